The highest BCUT2D eigenvalue weighted by Gasteiger charge is 2.20. The molecular formula is C27H30N4OS. The van der Waals surface area contributed by atoms with E-state index in [-0.39, 0.29) is 5.41 Å². The van der Waals surface area contributed by atoms with E-state index in [1.807, 2.05) is 42.6 Å². The van der Waals surface area contributed by atoms with Gasteiger partial charge in [-0.2, -0.15) is 0 Å². The van der Waals surface area contributed by atoms with Crippen LogP contribution >= 0.6 is 11.3 Å². The standard InChI is InChI=1S/C27H30N4OS/c1-27(2,3)22-13-8-9-15-24(22)32-25-23(14-10-16-28-25)30-26-29-17-21(33-26)19-31(4)18-20-11-6-5-7-12-20/h5-17H,18-19H2,1-4H3,(H,29,30). The molecule has 170 valence electrons. The summed E-state index contributed by atoms with van der Waals surface area (Å²) in [5.41, 5.74) is 3.20. The van der Waals surface area contributed by atoms with Gasteiger partial charge in [0, 0.05) is 35.9 Å². The van der Waals surface area contributed by atoms with Crippen molar-refractivity contribution in [3.63, 3.8) is 0 Å². The Bertz CT molecular complexity index is 1180. The van der Waals surface area contributed by atoms with Gasteiger partial charge in [-0.25, -0.2) is 9.97 Å². The number of aromatic nitrogens is 2. The maximum absolute atomic E-state index is 6.27. The number of anilines is 2. The maximum atomic E-state index is 6.27. The topological polar surface area (TPSA) is 50.3 Å². The van der Waals surface area contributed by atoms with E-state index in [9.17, 15) is 0 Å². The molecule has 0 saturated heterocycles. The molecule has 2 aromatic carbocycles. The first kappa shape index (κ1) is 23.0. The molecule has 0 bridgehead atoms. The van der Waals surface area contributed by atoms with Gasteiger partial charge in [-0.15, -0.1) is 11.3 Å². The van der Waals surface area contributed by atoms with Crippen LogP contribution in [-0.4, -0.2) is 21.9 Å². The molecule has 4 rings (SSSR count). The van der Waals surface area contributed by atoms with Crippen LogP contribution < -0.4 is 10.1 Å². The summed E-state index contributed by atoms with van der Waals surface area (Å²) < 4.78 is 6.27. The summed E-state index contributed by atoms with van der Waals surface area (Å²) in [6.45, 7) is 8.27. The Hall–Kier alpha value is -3.22. The second kappa shape index (κ2) is 10.1. The van der Waals surface area contributed by atoms with Gasteiger partial charge in [0.1, 0.15) is 11.4 Å². The highest BCUT2D eigenvalue weighted by molar-refractivity contribution is 7.15. The number of rotatable bonds is 8. The van der Waals surface area contributed by atoms with Crippen molar-refractivity contribution in [3.8, 4) is 11.6 Å². The van der Waals surface area contributed by atoms with Crippen LogP contribution in [0.4, 0.5) is 10.8 Å². The summed E-state index contributed by atoms with van der Waals surface area (Å²) >= 11 is 1.64. The monoisotopic (exact) mass is 458 g/mol. The van der Waals surface area contributed by atoms with Crippen molar-refractivity contribution in [2.45, 2.75) is 39.3 Å². The van der Waals surface area contributed by atoms with Gasteiger partial charge < -0.3 is 10.1 Å². The van der Waals surface area contributed by atoms with Crippen molar-refractivity contribution in [2.75, 3.05) is 12.4 Å². The van der Waals surface area contributed by atoms with E-state index in [0.29, 0.717) is 5.88 Å². The Kier molecular flexibility index (Phi) is 7.06. The number of para-hydroxylation sites is 1. The van der Waals surface area contributed by atoms with Gasteiger partial charge in [-0.05, 0) is 36.2 Å². The van der Waals surface area contributed by atoms with Crippen LogP contribution in [0.2, 0.25) is 0 Å². The highest BCUT2D eigenvalue weighted by atomic mass is 32.1. The zero-order valence-corrected chi connectivity index (χ0v) is 20.4. The fourth-order valence-corrected chi connectivity index (χ4v) is 4.52. The van der Waals surface area contributed by atoms with Crippen molar-refractivity contribution in [3.05, 3.63) is 95.1 Å². The van der Waals surface area contributed by atoms with Crippen molar-refractivity contribution in [1.29, 1.82) is 0 Å². The number of nitrogens with zero attached hydrogens (tertiary/aromatic N) is 3. The van der Waals surface area contributed by atoms with E-state index >= 15 is 0 Å². The molecule has 5 nitrogen and oxygen atoms in total. The van der Waals surface area contributed by atoms with Gasteiger partial charge in [-0.3, -0.25) is 4.90 Å². The Labute approximate surface area is 200 Å². The lowest BCUT2D eigenvalue weighted by Crippen LogP contribution is -2.16. The Morgan fingerprint density at radius 1 is 0.909 bits per heavy atom. The second-order valence-electron chi connectivity index (χ2n) is 9.12. The number of pyridine rings is 1. The summed E-state index contributed by atoms with van der Waals surface area (Å²) in [5.74, 6) is 1.35. The van der Waals surface area contributed by atoms with Gasteiger partial charge in [0.15, 0.2) is 5.13 Å². The van der Waals surface area contributed by atoms with Crippen molar-refractivity contribution in [2.24, 2.45) is 0 Å². The van der Waals surface area contributed by atoms with Gasteiger partial charge in [0.2, 0.25) is 5.88 Å². The lowest BCUT2D eigenvalue weighted by molar-refractivity contribution is 0.322. The molecular weight excluding hydrogens is 428 g/mol. The third-order valence-electron chi connectivity index (χ3n) is 5.19. The quantitative estimate of drug-likeness (QED) is 0.308. The summed E-state index contributed by atoms with van der Waals surface area (Å²) in [4.78, 5) is 12.5. The summed E-state index contributed by atoms with van der Waals surface area (Å²) in [6, 6.07) is 22.5. The Balaban J connectivity index is 1.46. The first-order chi connectivity index (χ1) is 15.9. The molecule has 0 radical (unpaired) electrons. The Morgan fingerprint density at radius 3 is 2.45 bits per heavy atom. The molecule has 33 heavy (non-hydrogen) atoms. The number of benzene rings is 2. The van der Waals surface area contributed by atoms with Crippen molar-refractivity contribution >= 4 is 22.2 Å². The minimum Gasteiger partial charge on any atom is -0.437 e. The van der Waals surface area contributed by atoms with Gasteiger partial charge in [0.25, 0.3) is 0 Å². The predicted molar refractivity (Wildman–Crippen MR) is 136 cm³/mol. The summed E-state index contributed by atoms with van der Waals surface area (Å²) in [6.07, 6.45) is 3.67. The number of nitrogens with one attached hydrogen (secondary N) is 1. The molecule has 0 unspecified atom stereocenters. The van der Waals surface area contributed by atoms with E-state index < -0.39 is 0 Å². The van der Waals surface area contributed by atoms with Crippen LogP contribution in [0, 0.1) is 0 Å². The van der Waals surface area contributed by atoms with Gasteiger partial charge in [0.05, 0.1) is 0 Å². The summed E-state index contributed by atoms with van der Waals surface area (Å²) in [5, 5.41) is 4.22. The lowest BCUT2D eigenvalue weighted by atomic mass is 9.86. The molecule has 2 aromatic heterocycles. The minimum absolute atomic E-state index is 0.0328. The van der Waals surface area contributed by atoms with E-state index in [4.69, 9.17) is 4.74 Å². The molecule has 6 heteroatoms. The third kappa shape index (κ3) is 6.18. The second-order valence-corrected chi connectivity index (χ2v) is 10.2. The predicted octanol–water partition coefficient (Wildman–Crippen LogP) is 7.00. The number of hydrogen-bond donors (Lipinski definition) is 1. The molecule has 0 spiro atoms. The molecule has 0 aliphatic rings. The highest BCUT2D eigenvalue weighted by Crippen LogP contribution is 2.36. The zero-order valence-electron chi connectivity index (χ0n) is 19.6. The molecule has 0 aliphatic heterocycles. The first-order valence-corrected chi connectivity index (χ1v) is 11.9. The summed E-state index contributed by atoms with van der Waals surface area (Å²) in [7, 11) is 2.12. The van der Waals surface area contributed by atoms with E-state index in [2.05, 4.69) is 78.3 Å². The van der Waals surface area contributed by atoms with Crippen molar-refractivity contribution in [1.82, 2.24) is 14.9 Å². The molecule has 4 aromatic rings. The molecule has 0 saturated carbocycles. The SMILES string of the molecule is CN(Cc1ccccc1)Cc1cnc(Nc2cccnc2Oc2ccccc2C(C)(C)C)s1. The van der Waals surface area contributed by atoms with Crippen LogP contribution in [0.1, 0.15) is 36.8 Å². The average Bonchev–Trinajstić information content (AvgIpc) is 3.22. The van der Waals surface area contributed by atoms with Crippen molar-refractivity contribution < 1.29 is 4.74 Å². The van der Waals surface area contributed by atoms with Gasteiger partial charge >= 0.3 is 0 Å². The fourth-order valence-electron chi connectivity index (χ4n) is 3.62. The zero-order chi connectivity index (χ0) is 23.3. The molecule has 0 fully saturated rings. The number of ether oxygens (including phenoxy) is 1. The van der Waals surface area contributed by atoms with E-state index in [1.165, 1.54) is 10.4 Å². The van der Waals surface area contributed by atoms with E-state index in [1.54, 1.807) is 17.5 Å². The van der Waals surface area contributed by atoms with Crippen LogP contribution in [0.3, 0.4) is 0 Å². The van der Waals surface area contributed by atoms with Crippen LogP contribution in [0.25, 0.3) is 0 Å². The third-order valence-corrected chi connectivity index (χ3v) is 6.09. The smallest absolute Gasteiger partial charge is 0.243 e. The molecule has 0 amide bonds. The minimum atomic E-state index is -0.0328. The van der Waals surface area contributed by atoms with Crippen LogP contribution in [-0.2, 0) is 18.5 Å². The lowest BCUT2D eigenvalue weighted by Gasteiger charge is -2.22. The molecule has 0 atom stereocenters. The average molecular weight is 459 g/mol. The van der Waals surface area contributed by atoms with E-state index in [0.717, 1.165) is 35.2 Å². The van der Waals surface area contributed by atoms with Crippen LogP contribution in [0.5, 0.6) is 11.6 Å². The Morgan fingerprint density at radius 2 is 1.67 bits per heavy atom. The van der Waals surface area contributed by atoms with Gasteiger partial charge in [-0.1, -0.05) is 69.3 Å². The number of hydrogen-bond acceptors (Lipinski definition) is 6. The number of thiazole rings is 1. The largest absolute Gasteiger partial charge is 0.437 e. The maximum Gasteiger partial charge on any atom is 0.243 e. The molecule has 1 N–H and O–H groups in total. The fraction of sp³-hybridized carbons (Fsp3) is 0.259. The first-order valence-electron chi connectivity index (χ1n) is 11.0. The molecule has 2 heterocycles. The van der Waals surface area contributed by atoms with Crippen LogP contribution in [0.15, 0.2) is 79.1 Å². The normalized spacial score (nSPS) is 11.5. The molecule has 0 aliphatic carbocycles.